The summed E-state index contributed by atoms with van der Waals surface area (Å²) in [6.45, 7) is 5.80. The molecule has 0 spiro atoms. The highest BCUT2D eigenvalue weighted by Gasteiger charge is 2.45. The van der Waals surface area contributed by atoms with Crippen molar-refractivity contribution in [2.24, 2.45) is 5.92 Å². The monoisotopic (exact) mass is 366 g/mol. The highest BCUT2D eigenvalue weighted by Crippen LogP contribution is 2.45. The van der Waals surface area contributed by atoms with Gasteiger partial charge in [-0.25, -0.2) is 0 Å². The lowest BCUT2D eigenvalue weighted by molar-refractivity contribution is -0.137. The van der Waals surface area contributed by atoms with Crippen LogP contribution < -0.4 is 10.6 Å². The zero-order valence-corrected chi connectivity index (χ0v) is 16.0. The summed E-state index contributed by atoms with van der Waals surface area (Å²) < 4.78 is 0. The van der Waals surface area contributed by atoms with E-state index in [0.717, 1.165) is 35.1 Å². The molecule has 1 fully saturated rings. The summed E-state index contributed by atoms with van der Waals surface area (Å²) in [5.41, 5.74) is 3.19. The standard InChI is InChI=1S/C22H26N2O3/c1-14-11-15(2)19(16(3)12-14)24-21(26)20(25)23-13-22(27,18-9-10-18)17-7-5-4-6-8-17/h4-8,11-12,18,27H,9-10,13H2,1-3H3,(H,23,25)(H,24,26). The lowest BCUT2D eigenvalue weighted by Crippen LogP contribution is -2.45. The molecule has 1 aliphatic rings. The summed E-state index contributed by atoms with van der Waals surface area (Å²) in [7, 11) is 0. The highest BCUT2D eigenvalue weighted by molar-refractivity contribution is 6.39. The van der Waals surface area contributed by atoms with Gasteiger partial charge in [0.15, 0.2) is 0 Å². The molecule has 0 saturated heterocycles. The van der Waals surface area contributed by atoms with Crippen LogP contribution in [0.1, 0.15) is 35.1 Å². The van der Waals surface area contributed by atoms with Crippen LogP contribution >= 0.6 is 0 Å². The van der Waals surface area contributed by atoms with E-state index in [4.69, 9.17) is 0 Å². The molecule has 27 heavy (non-hydrogen) atoms. The number of anilines is 1. The van der Waals surface area contributed by atoms with Crippen LogP contribution in [0, 0.1) is 26.7 Å². The topological polar surface area (TPSA) is 78.4 Å². The van der Waals surface area contributed by atoms with Gasteiger partial charge in [0.25, 0.3) is 0 Å². The quantitative estimate of drug-likeness (QED) is 0.712. The van der Waals surface area contributed by atoms with E-state index in [2.05, 4.69) is 10.6 Å². The predicted octanol–water partition coefficient (Wildman–Crippen LogP) is 2.96. The number of amides is 2. The first kappa shape index (κ1) is 19.1. The minimum Gasteiger partial charge on any atom is -0.383 e. The fraction of sp³-hybridized carbons (Fsp3) is 0.364. The molecule has 3 N–H and O–H groups in total. The van der Waals surface area contributed by atoms with Gasteiger partial charge in [-0.2, -0.15) is 0 Å². The lowest BCUT2D eigenvalue weighted by atomic mass is 9.88. The molecule has 0 bridgehead atoms. The van der Waals surface area contributed by atoms with Gasteiger partial charge in [0, 0.05) is 5.69 Å². The molecule has 2 aromatic carbocycles. The third-order valence-electron chi connectivity index (χ3n) is 5.17. The zero-order chi connectivity index (χ0) is 19.6. The van der Waals surface area contributed by atoms with Crippen molar-refractivity contribution in [3.8, 4) is 0 Å². The molecule has 1 atom stereocenters. The average Bonchev–Trinajstić information content (AvgIpc) is 3.48. The number of carbonyl (C=O) groups excluding carboxylic acids is 2. The van der Waals surface area contributed by atoms with Crippen molar-refractivity contribution in [2.45, 2.75) is 39.2 Å². The smallest absolute Gasteiger partial charge is 0.313 e. The molecule has 1 aliphatic carbocycles. The van der Waals surface area contributed by atoms with E-state index in [1.807, 2.05) is 63.2 Å². The molecule has 2 aromatic rings. The van der Waals surface area contributed by atoms with Crippen molar-refractivity contribution in [1.82, 2.24) is 5.32 Å². The summed E-state index contributed by atoms with van der Waals surface area (Å²) in [6, 6.07) is 13.2. The number of hydrogen-bond donors (Lipinski definition) is 3. The van der Waals surface area contributed by atoms with Crippen LogP contribution in [0.5, 0.6) is 0 Å². The Kier molecular flexibility index (Phi) is 5.33. The number of rotatable bonds is 5. The third kappa shape index (κ3) is 4.19. The van der Waals surface area contributed by atoms with Gasteiger partial charge in [-0.3, -0.25) is 9.59 Å². The van der Waals surface area contributed by atoms with Gasteiger partial charge in [0.2, 0.25) is 0 Å². The number of benzene rings is 2. The minimum absolute atomic E-state index is 0.0137. The second-order valence-corrected chi connectivity index (χ2v) is 7.48. The second-order valence-electron chi connectivity index (χ2n) is 7.48. The van der Waals surface area contributed by atoms with Crippen molar-refractivity contribution >= 4 is 17.5 Å². The Balaban J connectivity index is 1.67. The van der Waals surface area contributed by atoms with E-state index in [1.54, 1.807) is 0 Å². The van der Waals surface area contributed by atoms with Crippen LogP contribution in [-0.4, -0.2) is 23.5 Å². The van der Waals surface area contributed by atoms with E-state index in [1.165, 1.54) is 0 Å². The Morgan fingerprint density at radius 1 is 1.04 bits per heavy atom. The Bertz CT molecular complexity index is 836. The summed E-state index contributed by atoms with van der Waals surface area (Å²) in [4.78, 5) is 24.7. The third-order valence-corrected chi connectivity index (χ3v) is 5.17. The van der Waals surface area contributed by atoms with Gasteiger partial charge < -0.3 is 15.7 Å². The first-order valence-electron chi connectivity index (χ1n) is 9.26. The van der Waals surface area contributed by atoms with Crippen molar-refractivity contribution in [1.29, 1.82) is 0 Å². The zero-order valence-electron chi connectivity index (χ0n) is 16.0. The fourth-order valence-electron chi connectivity index (χ4n) is 3.61. The number of aryl methyl sites for hydroxylation is 3. The lowest BCUT2D eigenvalue weighted by Gasteiger charge is -2.29. The van der Waals surface area contributed by atoms with Crippen molar-refractivity contribution < 1.29 is 14.7 Å². The molecule has 5 nitrogen and oxygen atoms in total. The summed E-state index contributed by atoms with van der Waals surface area (Å²) in [6.07, 6.45) is 1.82. The largest absolute Gasteiger partial charge is 0.383 e. The van der Waals surface area contributed by atoms with E-state index in [0.29, 0.717) is 5.69 Å². The van der Waals surface area contributed by atoms with Crippen molar-refractivity contribution in [3.05, 3.63) is 64.7 Å². The van der Waals surface area contributed by atoms with Crippen LogP contribution in [-0.2, 0) is 15.2 Å². The number of carbonyl (C=O) groups is 2. The molecule has 0 heterocycles. The van der Waals surface area contributed by atoms with Gasteiger partial charge in [-0.15, -0.1) is 0 Å². The Morgan fingerprint density at radius 3 is 2.19 bits per heavy atom. The molecule has 0 radical (unpaired) electrons. The Hall–Kier alpha value is -2.66. The van der Waals surface area contributed by atoms with Gasteiger partial charge >= 0.3 is 11.8 Å². The highest BCUT2D eigenvalue weighted by atomic mass is 16.3. The Morgan fingerprint density at radius 2 is 1.63 bits per heavy atom. The van der Waals surface area contributed by atoms with Gasteiger partial charge in [-0.1, -0.05) is 48.0 Å². The molecule has 2 amide bonds. The molecule has 3 rings (SSSR count). The maximum Gasteiger partial charge on any atom is 0.313 e. The fourth-order valence-corrected chi connectivity index (χ4v) is 3.61. The van der Waals surface area contributed by atoms with Gasteiger partial charge in [-0.05, 0) is 56.2 Å². The Labute approximate surface area is 159 Å². The van der Waals surface area contributed by atoms with Crippen LogP contribution in [0.3, 0.4) is 0 Å². The molecule has 5 heteroatoms. The first-order chi connectivity index (χ1) is 12.8. The first-order valence-corrected chi connectivity index (χ1v) is 9.26. The summed E-state index contributed by atoms with van der Waals surface area (Å²) in [5.74, 6) is -1.37. The molecule has 1 unspecified atom stereocenters. The van der Waals surface area contributed by atoms with Crippen molar-refractivity contribution in [3.63, 3.8) is 0 Å². The maximum absolute atomic E-state index is 12.3. The SMILES string of the molecule is Cc1cc(C)c(NC(=O)C(=O)NCC(O)(c2ccccc2)C2CC2)c(C)c1. The maximum atomic E-state index is 12.3. The van der Waals surface area contributed by atoms with Gasteiger partial charge in [0.1, 0.15) is 5.60 Å². The summed E-state index contributed by atoms with van der Waals surface area (Å²) >= 11 is 0. The predicted molar refractivity (Wildman–Crippen MR) is 105 cm³/mol. The van der Waals surface area contributed by atoms with Crippen LogP contribution in [0.2, 0.25) is 0 Å². The summed E-state index contributed by atoms with van der Waals surface area (Å²) in [5, 5.41) is 16.4. The molecule has 0 aliphatic heterocycles. The number of aliphatic hydroxyl groups is 1. The van der Waals surface area contributed by atoms with Crippen LogP contribution in [0.25, 0.3) is 0 Å². The van der Waals surface area contributed by atoms with Crippen molar-refractivity contribution in [2.75, 3.05) is 11.9 Å². The normalized spacial score (nSPS) is 15.7. The number of hydrogen-bond acceptors (Lipinski definition) is 3. The number of nitrogens with one attached hydrogen (secondary N) is 2. The molecule has 1 saturated carbocycles. The van der Waals surface area contributed by atoms with Crippen LogP contribution in [0.4, 0.5) is 5.69 Å². The molecule has 0 aromatic heterocycles. The second kappa shape index (κ2) is 7.53. The van der Waals surface area contributed by atoms with Gasteiger partial charge in [0.05, 0.1) is 6.54 Å². The average molecular weight is 366 g/mol. The van der Waals surface area contributed by atoms with E-state index in [9.17, 15) is 14.7 Å². The molecule has 142 valence electrons. The molecular formula is C22H26N2O3. The van der Waals surface area contributed by atoms with E-state index >= 15 is 0 Å². The van der Waals surface area contributed by atoms with E-state index in [-0.39, 0.29) is 12.5 Å². The van der Waals surface area contributed by atoms with Crippen LogP contribution in [0.15, 0.2) is 42.5 Å². The van der Waals surface area contributed by atoms with E-state index < -0.39 is 17.4 Å². The minimum atomic E-state index is -1.15. The molecular weight excluding hydrogens is 340 g/mol.